The van der Waals surface area contributed by atoms with Crippen molar-refractivity contribution in [2.45, 2.75) is 83.1 Å². The van der Waals surface area contributed by atoms with Gasteiger partial charge >= 0.3 is 0 Å². The Morgan fingerprint density at radius 3 is 2.45 bits per heavy atom. The van der Waals surface area contributed by atoms with Gasteiger partial charge in [0.05, 0.1) is 0 Å². The second-order valence-electron chi connectivity index (χ2n) is 7.73. The topological polar surface area (TPSA) is 64.9 Å². The maximum Gasteiger partial charge on any atom is 0.228 e. The zero-order valence-corrected chi connectivity index (χ0v) is 12.8. The van der Waals surface area contributed by atoms with E-state index in [4.69, 9.17) is 10.3 Å². The van der Waals surface area contributed by atoms with Crippen LogP contribution in [0.5, 0.6) is 0 Å². The molecule has 0 aromatic carbocycles. The lowest BCUT2D eigenvalue weighted by Crippen LogP contribution is -2.38. The molecular formula is C16H27N3O. The van der Waals surface area contributed by atoms with E-state index in [1.54, 1.807) is 0 Å². The fourth-order valence-corrected chi connectivity index (χ4v) is 3.72. The van der Waals surface area contributed by atoms with Crippen molar-refractivity contribution in [3.63, 3.8) is 0 Å². The van der Waals surface area contributed by atoms with Gasteiger partial charge in [0.2, 0.25) is 5.89 Å². The highest BCUT2D eigenvalue weighted by molar-refractivity contribution is 5.03. The summed E-state index contributed by atoms with van der Waals surface area (Å²) in [6.45, 7) is 4.70. The van der Waals surface area contributed by atoms with Crippen LogP contribution in [-0.4, -0.2) is 15.7 Å². The molecule has 0 unspecified atom stereocenters. The van der Waals surface area contributed by atoms with Gasteiger partial charge in [-0.05, 0) is 43.9 Å². The number of rotatable bonds is 3. The van der Waals surface area contributed by atoms with Crippen LogP contribution in [-0.2, 0) is 6.42 Å². The van der Waals surface area contributed by atoms with Crippen molar-refractivity contribution in [1.29, 1.82) is 0 Å². The molecule has 20 heavy (non-hydrogen) atoms. The van der Waals surface area contributed by atoms with Crippen LogP contribution < -0.4 is 5.73 Å². The molecule has 112 valence electrons. The molecule has 2 aliphatic carbocycles. The molecule has 2 aliphatic rings. The van der Waals surface area contributed by atoms with Crippen LogP contribution in [0.3, 0.4) is 0 Å². The van der Waals surface area contributed by atoms with Crippen molar-refractivity contribution in [3.05, 3.63) is 11.7 Å². The molecule has 0 aliphatic heterocycles. The van der Waals surface area contributed by atoms with Crippen LogP contribution in [0, 0.1) is 5.41 Å². The molecule has 2 saturated carbocycles. The van der Waals surface area contributed by atoms with Gasteiger partial charge in [0.15, 0.2) is 5.82 Å². The third-order valence-corrected chi connectivity index (χ3v) is 5.29. The van der Waals surface area contributed by atoms with Crippen LogP contribution >= 0.6 is 0 Å². The van der Waals surface area contributed by atoms with E-state index in [0.717, 1.165) is 31.0 Å². The molecule has 3 rings (SSSR count). The number of hydrogen-bond acceptors (Lipinski definition) is 4. The maximum absolute atomic E-state index is 6.39. The Kier molecular flexibility index (Phi) is 3.61. The normalized spacial score (nSPS) is 25.9. The van der Waals surface area contributed by atoms with Crippen LogP contribution in [0.15, 0.2) is 4.52 Å². The van der Waals surface area contributed by atoms with E-state index in [2.05, 4.69) is 24.0 Å². The minimum atomic E-state index is -0.0988. The van der Waals surface area contributed by atoms with E-state index in [1.807, 2.05) is 0 Å². The predicted octanol–water partition coefficient (Wildman–Crippen LogP) is 3.57. The summed E-state index contributed by atoms with van der Waals surface area (Å²) in [5, 5.41) is 4.22. The van der Waals surface area contributed by atoms with Gasteiger partial charge in [0, 0.05) is 17.9 Å². The van der Waals surface area contributed by atoms with Gasteiger partial charge in [-0.3, -0.25) is 0 Å². The van der Waals surface area contributed by atoms with Crippen molar-refractivity contribution in [3.8, 4) is 0 Å². The first-order valence-electron chi connectivity index (χ1n) is 8.07. The molecule has 1 aromatic rings. The summed E-state index contributed by atoms with van der Waals surface area (Å²) in [6, 6.07) is 0. The summed E-state index contributed by atoms with van der Waals surface area (Å²) in [5.41, 5.74) is 6.77. The monoisotopic (exact) mass is 277 g/mol. The van der Waals surface area contributed by atoms with Crippen molar-refractivity contribution < 1.29 is 4.52 Å². The van der Waals surface area contributed by atoms with Gasteiger partial charge in [-0.1, -0.05) is 31.8 Å². The first-order valence-corrected chi connectivity index (χ1v) is 8.07. The third-order valence-electron chi connectivity index (χ3n) is 5.29. The number of nitrogens with two attached hydrogens (primary N) is 1. The van der Waals surface area contributed by atoms with E-state index < -0.39 is 0 Å². The summed E-state index contributed by atoms with van der Waals surface area (Å²) < 4.78 is 5.46. The SMILES string of the molecule is CC1(C)CCC(c2noc(CC3(N)CCCC3)n2)CC1. The van der Waals surface area contributed by atoms with Crippen molar-refractivity contribution in [1.82, 2.24) is 10.1 Å². The molecule has 0 saturated heterocycles. The first kappa shape index (κ1) is 14.1. The predicted molar refractivity (Wildman–Crippen MR) is 78.4 cm³/mol. The molecule has 0 spiro atoms. The Balaban J connectivity index is 1.62. The van der Waals surface area contributed by atoms with Crippen molar-refractivity contribution in [2.75, 3.05) is 0 Å². The molecule has 2 N–H and O–H groups in total. The average Bonchev–Trinajstić information content (AvgIpc) is 2.99. The lowest BCUT2D eigenvalue weighted by molar-refractivity contribution is 0.218. The summed E-state index contributed by atoms with van der Waals surface area (Å²) in [5.74, 6) is 2.14. The molecule has 1 heterocycles. The standard InChI is InChI=1S/C16H27N3O/c1-15(2)9-5-12(6-10-15)14-18-13(20-19-14)11-16(17)7-3-4-8-16/h12H,3-11,17H2,1-2H3. The van der Waals surface area contributed by atoms with Crippen molar-refractivity contribution >= 4 is 0 Å². The molecule has 0 radical (unpaired) electrons. The van der Waals surface area contributed by atoms with Crippen LogP contribution in [0.2, 0.25) is 0 Å². The highest BCUT2D eigenvalue weighted by Gasteiger charge is 2.33. The second kappa shape index (κ2) is 5.14. The zero-order valence-electron chi connectivity index (χ0n) is 12.8. The van der Waals surface area contributed by atoms with Gasteiger partial charge in [0.25, 0.3) is 0 Å². The molecule has 1 aromatic heterocycles. The largest absolute Gasteiger partial charge is 0.339 e. The van der Waals surface area contributed by atoms with Crippen molar-refractivity contribution in [2.24, 2.45) is 11.1 Å². The third kappa shape index (κ3) is 3.05. The fraction of sp³-hybridized carbons (Fsp3) is 0.875. The van der Waals surface area contributed by atoms with Crippen LogP contribution in [0.25, 0.3) is 0 Å². The highest BCUT2D eigenvalue weighted by Crippen LogP contribution is 2.41. The molecule has 0 bridgehead atoms. The molecule has 4 nitrogen and oxygen atoms in total. The Labute approximate surface area is 121 Å². The van der Waals surface area contributed by atoms with E-state index in [9.17, 15) is 0 Å². The first-order chi connectivity index (χ1) is 9.46. The van der Waals surface area contributed by atoms with Crippen LogP contribution in [0.1, 0.15) is 82.8 Å². The fourth-order valence-electron chi connectivity index (χ4n) is 3.72. The van der Waals surface area contributed by atoms with Gasteiger partial charge in [-0.2, -0.15) is 4.98 Å². The minimum absolute atomic E-state index is 0.0988. The summed E-state index contributed by atoms with van der Waals surface area (Å²) in [4.78, 5) is 4.63. The van der Waals surface area contributed by atoms with Gasteiger partial charge in [0.1, 0.15) is 0 Å². The summed E-state index contributed by atoms with van der Waals surface area (Å²) in [6.07, 6.45) is 10.2. The molecular weight excluding hydrogens is 250 g/mol. The smallest absolute Gasteiger partial charge is 0.228 e. The second-order valence-corrected chi connectivity index (χ2v) is 7.73. The maximum atomic E-state index is 6.39. The Morgan fingerprint density at radius 1 is 1.15 bits per heavy atom. The van der Waals surface area contributed by atoms with Crippen LogP contribution in [0.4, 0.5) is 0 Å². The molecule has 0 amide bonds. The lowest BCUT2D eigenvalue weighted by Gasteiger charge is -2.32. The quantitative estimate of drug-likeness (QED) is 0.917. The molecule has 2 fully saturated rings. The zero-order chi connectivity index (χ0) is 14.2. The number of hydrogen-bond donors (Lipinski definition) is 1. The minimum Gasteiger partial charge on any atom is -0.339 e. The van der Waals surface area contributed by atoms with E-state index in [0.29, 0.717) is 11.3 Å². The summed E-state index contributed by atoms with van der Waals surface area (Å²) in [7, 11) is 0. The van der Waals surface area contributed by atoms with E-state index in [-0.39, 0.29) is 5.54 Å². The summed E-state index contributed by atoms with van der Waals surface area (Å²) >= 11 is 0. The number of aromatic nitrogens is 2. The van der Waals surface area contributed by atoms with E-state index >= 15 is 0 Å². The molecule has 4 heteroatoms. The van der Waals surface area contributed by atoms with Gasteiger partial charge < -0.3 is 10.3 Å². The Hall–Kier alpha value is -0.900. The Bertz CT molecular complexity index is 450. The lowest BCUT2D eigenvalue weighted by atomic mass is 9.73. The van der Waals surface area contributed by atoms with E-state index in [1.165, 1.54) is 38.5 Å². The van der Waals surface area contributed by atoms with Gasteiger partial charge in [-0.25, -0.2) is 0 Å². The Morgan fingerprint density at radius 2 is 1.80 bits per heavy atom. The average molecular weight is 277 g/mol. The highest BCUT2D eigenvalue weighted by atomic mass is 16.5. The van der Waals surface area contributed by atoms with Gasteiger partial charge in [-0.15, -0.1) is 0 Å². The number of nitrogens with zero attached hydrogens (tertiary/aromatic N) is 2. The molecule has 0 atom stereocenters.